The number of nitrogens with zero attached hydrogens (tertiary/aromatic N) is 1. The Morgan fingerprint density at radius 3 is 2.39 bits per heavy atom. The van der Waals surface area contributed by atoms with Crippen LogP contribution in [0.1, 0.15) is 52.9 Å². The van der Waals surface area contributed by atoms with E-state index in [-0.39, 0.29) is 5.91 Å². The van der Waals surface area contributed by atoms with Crippen molar-refractivity contribution in [3.05, 3.63) is 0 Å². The zero-order valence-corrected chi connectivity index (χ0v) is 12.3. The van der Waals surface area contributed by atoms with Gasteiger partial charge < -0.3 is 11.1 Å². The van der Waals surface area contributed by atoms with Crippen molar-refractivity contribution < 1.29 is 4.79 Å². The second kappa shape index (κ2) is 6.53. The number of nitrogens with one attached hydrogen (secondary N) is 1. The molecule has 0 bridgehead atoms. The highest BCUT2D eigenvalue weighted by molar-refractivity contribution is 5.84. The Morgan fingerprint density at radius 2 is 1.94 bits per heavy atom. The van der Waals surface area contributed by atoms with Gasteiger partial charge in [-0.3, -0.25) is 9.69 Å². The molecule has 4 nitrogen and oxygen atoms in total. The molecular formula is C14H29N3O. The van der Waals surface area contributed by atoms with Gasteiger partial charge in [0.1, 0.15) is 0 Å². The van der Waals surface area contributed by atoms with Crippen molar-refractivity contribution in [3.8, 4) is 0 Å². The molecule has 0 radical (unpaired) electrons. The van der Waals surface area contributed by atoms with E-state index in [1.807, 2.05) is 6.92 Å². The molecule has 0 saturated carbocycles. The van der Waals surface area contributed by atoms with Gasteiger partial charge in [-0.05, 0) is 60.0 Å². The lowest BCUT2D eigenvalue weighted by molar-refractivity contribution is -0.123. The van der Waals surface area contributed by atoms with Crippen LogP contribution < -0.4 is 11.1 Å². The Labute approximate surface area is 111 Å². The van der Waals surface area contributed by atoms with Gasteiger partial charge in [0.25, 0.3) is 0 Å². The average Bonchev–Trinajstić information content (AvgIpc) is 2.32. The number of primary amides is 1. The van der Waals surface area contributed by atoms with Crippen molar-refractivity contribution in [2.75, 3.05) is 13.6 Å². The lowest BCUT2D eigenvalue weighted by Gasteiger charge is -2.39. The SMILES string of the molecule is CNC(C)(CCCN1[C@H](C)CCC[C@@H]1C)C(N)=O. The molecule has 1 fully saturated rings. The van der Waals surface area contributed by atoms with Crippen molar-refractivity contribution in [2.45, 2.75) is 70.5 Å². The highest BCUT2D eigenvalue weighted by Crippen LogP contribution is 2.23. The fourth-order valence-corrected chi connectivity index (χ4v) is 2.90. The number of likely N-dealkylation sites (N-methyl/N-ethyl adjacent to an activating group) is 1. The Balaban J connectivity index is 2.42. The van der Waals surface area contributed by atoms with Crippen LogP contribution in [0.25, 0.3) is 0 Å². The highest BCUT2D eigenvalue weighted by atomic mass is 16.1. The van der Waals surface area contributed by atoms with E-state index < -0.39 is 5.54 Å². The standard InChI is InChI=1S/C14H29N3O/c1-11-7-5-8-12(2)17(11)10-6-9-14(3,16-4)13(15)18/h11-12,16H,5-10H2,1-4H3,(H2,15,18)/t11-,12+,14?. The molecule has 0 aromatic carbocycles. The Kier molecular flexibility index (Phi) is 5.60. The second-order valence-electron chi connectivity index (χ2n) is 5.92. The summed E-state index contributed by atoms with van der Waals surface area (Å²) in [6, 6.07) is 1.34. The first-order valence-electron chi connectivity index (χ1n) is 7.15. The minimum atomic E-state index is -0.567. The fraction of sp³-hybridized carbons (Fsp3) is 0.929. The van der Waals surface area contributed by atoms with Gasteiger partial charge in [-0.25, -0.2) is 0 Å². The van der Waals surface area contributed by atoms with E-state index in [0.717, 1.165) is 19.4 Å². The van der Waals surface area contributed by atoms with Crippen LogP contribution in [0.3, 0.4) is 0 Å². The summed E-state index contributed by atoms with van der Waals surface area (Å²) in [6.45, 7) is 7.56. The van der Waals surface area contributed by atoms with Gasteiger partial charge in [0.2, 0.25) is 5.91 Å². The van der Waals surface area contributed by atoms with Crippen LogP contribution in [-0.2, 0) is 4.79 Å². The zero-order valence-electron chi connectivity index (χ0n) is 12.3. The number of carbonyl (C=O) groups is 1. The topological polar surface area (TPSA) is 58.4 Å². The van der Waals surface area contributed by atoms with Gasteiger partial charge in [0.05, 0.1) is 5.54 Å². The maximum Gasteiger partial charge on any atom is 0.237 e. The summed E-state index contributed by atoms with van der Waals surface area (Å²) >= 11 is 0. The summed E-state index contributed by atoms with van der Waals surface area (Å²) in [5, 5.41) is 3.04. The summed E-state index contributed by atoms with van der Waals surface area (Å²) in [5.74, 6) is -0.259. The summed E-state index contributed by atoms with van der Waals surface area (Å²) in [5.41, 5.74) is 4.87. The first kappa shape index (κ1) is 15.4. The smallest absolute Gasteiger partial charge is 0.237 e. The summed E-state index contributed by atoms with van der Waals surface area (Å²) in [7, 11) is 1.80. The third-order valence-electron chi connectivity index (χ3n) is 4.56. The van der Waals surface area contributed by atoms with Crippen LogP contribution >= 0.6 is 0 Å². The number of rotatable bonds is 6. The third-order valence-corrected chi connectivity index (χ3v) is 4.56. The van der Waals surface area contributed by atoms with E-state index in [9.17, 15) is 4.79 Å². The average molecular weight is 255 g/mol. The van der Waals surface area contributed by atoms with Crippen LogP contribution in [0, 0.1) is 0 Å². The van der Waals surface area contributed by atoms with E-state index in [1.54, 1.807) is 7.05 Å². The molecule has 106 valence electrons. The van der Waals surface area contributed by atoms with Crippen LogP contribution in [0.2, 0.25) is 0 Å². The van der Waals surface area contributed by atoms with Crippen molar-refractivity contribution >= 4 is 5.91 Å². The molecule has 1 rings (SSSR count). The number of carbonyl (C=O) groups excluding carboxylic acids is 1. The summed E-state index contributed by atoms with van der Waals surface area (Å²) < 4.78 is 0. The van der Waals surface area contributed by atoms with Gasteiger partial charge in [0.15, 0.2) is 0 Å². The second-order valence-corrected chi connectivity index (χ2v) is 5.92. The maximum absolute atomic E-state index is 11.4. The zero-order chi connectivity index (χ0) is 13.8. The Morgan fingerprint density at radius 1 is 1.39 bits per heavy atom. The quantitative estimate of drug-likeness (QED) is 0.756. The minimum Gasteiger partial charge on any atom is -0.368 e. The van der Waals surface area contributed by atoms with Crippen molar-refractivity contribution in [3.63, 3.8) is 0 Å². The molecule has 1 saturated heterocycles. The lowest BCUT2D eigenvalue weighted by Crippen LogP contribution is -2.52. The molecule has 1 aliphatic heterocycles. The minimum absolute atomic E-state index is 0.259. The number of likely N-dealkylation sites (tertiary alicyclic amines) is 1. The molecule has 0 aromatic heterocycles. The fourth-order valence-electron chi connectivity index (χ4n) is 2.90. The van der Waals surface area contributed by atoms with E-state index >= 15 is 0 Å². The number of amides is 1. The first-order valence-corrected chi connectivity index (χ1v) is 7.15. The highest BCUT2D eigenvalue weighted by Gasteiger charge is 2.30. The van der Waals surface area contributed by atoms with Gasteiger partial charge >= 0.3 is 0 Å². The number of hydrogen-bond acceptors (Lipinski definition) is 3. The van der Waals surface area contributed by atoms with Crippen LogP contribution in [0.4, 0.5) is 0 Å². The van der Waals surface area contributed by atoms with E-state index in [0.29, 0.717) is 12.1 Å². The lowest BCUT2D eigenvalue weighted by atomic mass is 9.93. The molecule has 4 heteroatoms. The summed E-state index contributed by atoms with van der Waals surface area (Å²) in [6.07, 6.45) is 5.74. The normalized spacial score (nSPS) is 28.9. The number of nitrogens with two attached hydrogens (primary N) is 1. The van der Waals surface area contributed by atoms with Crippen molar-refractivity contribution in [2.24, 2.45) is 5.73 Å². The molecule has 3 N–H and O–H groups in total. The van der Waals surface area contributed by atoms with Crippen LogP contribution in [0.15, 0.2) is 0 Å². The van der Waals surface area contributed by atoms with Gasteiger partial charge in [-0.2, -0.15) is 0 Å². The molecule has 1 aliphatic rings. The van der Waals surface area contributed by atoms with Crippen molar-refractivity contribution in [1.82, 2.24) is 10.2 Å². The van der Waals surface area contributed by atoms with E-state index in [4.69, 9.17) is 5.73 Å². The van der Waals surface area contributed by atoms with E-state index in [1.165, 1.54) is 19.3 Å². The first-order chi connectivity index (χ1) is 8.40. The predicted octanol–water partition coefficient (Wildman–Crippen LogP) is 1.49. The van der Waals surface area contributed by atoms with Crippen LogP contribution in [0.5, 0.6) is 0 Å². The molecular weight excluding hydrogens is 226 g/mol. The number of piperidine rings is 1. The molecule has 0 spiro atoms. The molecule has 1 amide bonds. The Hall–Kier alpha value is -0.610. The van der Waals surface area contributed by atoms with Crippen molar-refractivity contribution in [1.29, 1.82) is 0 Å². The monoisotopic (exact) mass is 255 g/mol. The van der Waals surface area contributed by atoms with E-state index in [2.05, 4.69) is 24.1 Å². The molecule has 3 atom stereocenters. The van der Waals surface area contributed by atoms with Crippen LogP contribution in [-0.4, -0.2) is 42.0 Å². The molecule has 0 aliphatic carbocycles. The van der Waals surface area contributed by atoms with Gasteiger partial charge in [-0.15, -0.1) is 0 Å². The summed E-state index contributed by atoms with van der Waals surface area (Å²) in [4.78, 5) is 14.0. The maximum atomic E-state index is 11.4. The van der Waals surface area contributed by atoms with Gasteiger partial charge in [0, 0.05) is 12.1 Å². The molecule has 0 aromatic rings. The Bertz CT molecular complexity index is 272. The number of hydrogen-bond donors (Lipinski definition) is 2. The molecule has 1 unspecified atom stereocenters. The third kappa shape index (κ3) is 3.69. The van der Waals surface area contributed by atoms with Gasteiger partial charge in [-0.1, -0.05) is 6.42 Å². The molecule has 18 heavy (non-hydrogen) atoms. The predicted molar refractivity (Wildman–Crippen MR) is 75.4 cm³/mol. The largest absolute Gasteiger partial charge is 0.368 e. The molecule has 1 heterocycles.